The first-order chi connectivity index (χ1) is 6.79. The van der Waals surface area contributed by atoms with E-state index in [1.54, 1.807) is 6.07 Å². The minimum Gasteiger partial charge on any atom is -0.423 e. The molecule has 0 aliphatic carbocycles. The summed E-state index contributed by atoms with van der Waals surface area (Å²) in [6.45, 7) is 6.21. The smallest absolute Gasteiger partial charge is 0.423 e. The van der Waals surface area contributed by atoms with Crippen LogP contribution in [0.2, 0.25) is 0 Å². The van der Waals surface area contributed by atoms with E-state index in [1.165, 1.54) is 12.1 Å². The predicted octanol–water partition coefficient (Wildman–Crippen LogP) is 1.09. The first-order valence-corrected chi connectivity index (χ1v) is 4.94. The summed E-state index contributed by atoms with van der Waals surface area (Å²) in [4.78, 5) is 0. The van der Waals surface area contributed by atoms with E-state index < -0.39 is 12.9 Å². The Morgan fingerprint density at radius 1 is 1.27 bits per heavy atom. The molecule has 0 fully saturated rings. The first kappa shape index (κ1) is 12.2. The van der Waals surface area contributed by atoms with Crippen LogP contribution >= 0.6 is 0 Å². The van der Waals surface area contributed by atoms with Crippen LogP contribution in [0.25, 0.3) is 0 Å². The van der Waals surface area contributed by atoms with E-state index in [2.05, 4.69) is 20.8 Å². The van der Waals surface area contributed by atoms with E-state index in [0.717, 1.165) is 12.0 Å². The highest BCUT2D eigenvalue weighted by Gasteiger charge is 2.18. The highest BCUT2D eigenvalue weighted by Crippen LogP contribution is 2.20. The maximum atomic E-state index is 13.4. The van der Waals surface area contributed by atoms with Gasteiger partial charge in [-0.25, -0.2) is 4.39 Å². The normalized spacial score (nSPS) is 11.6. The van der Waals surface area contributed by atoms with Gasteiger partial charge in [0.1, 0.15) is 5.82 Å². The van der Waals surface area contributed by atoms with Crippen molar-refractivity contribution < 1.29 is 14.4 Å². The molecular weight excluding hydrogens is 194 g/mol. The standard InChI is InChI=1S/C11H16BFO2/c1-11(2,3)7-8-4-5-9(12(14)15)10(13)6-8/h4-6,14-15H,7H2,1-3H3. The van der Waals surface area contributed by atoms with Gasteiger partial charge in [0.05, 0.1) is 0 Å². The summed E-state index contributed by atoms with van der Waals surface area (Å²) in [5.41, 5.74) is 0.878. The molecule has 0 bridgehead atoms. The molecule has 0 atom stereocenters. The van der Waals surface area contributed by atoms with Crippen molar-refractivity contribution in [3.8, 4) is 0 Å². The third kappa shape index (κ3) is 3.65. The summed E-state index contributed by atoms with van der Waals surface area (Å²) in [5.74, 6) is -0.563. The van der Waals surface area contributed by atoms with Crippen molar-refractivity contribution >= 4 is 12.6 Å². The van der Waals surface area contributed by atoms with Crippen LogP contribution in [0.1, 0.15) is 26.3 Å². The van der Waals surface area contributed by atoms with Gasteiger partial charge in [-0.1, -0.05) is 32.9 Å². The molecule has 0 saturated heterocycles. The number of halogens is 1. The molecule has 2 nitrogen and oxygen atoms in total. The third-order valence-corrected chi connectivity index (χ3v) is 2.08. The molecule has 0 unspecified atom stereocenters. The topological polar surface area (TPSA) is 40.5 Å². The fraction of sp³-hybridized carbons (Fsp3) is 0.455. The summed E-state index contributed by atoms with van der Waals surface area (Å²) in [5, 5.41) is 17.7. The first-order valence-electron chi connectivity index (χ1n) is 4.94. The van der Waals surface area contributed by atoms with Crippen LogP contribution in [0, 0.1) is 11.2 Å². The summed E-state index contributed by atoms with van der Waals surface area (Å²) in [6.07, 6.45) is 0.756. The summed E-state index contributed by atoms with van der Waals surface area (Å²) < 4.78 is 13.4. The van der Waals surface area contributed by atoms with E-state index in [-0.39, 0.29) is 10.9 Å². The molecule has 0 aromatic heterocycles. The Kier molecular flexibility index (Phi) is 3.52. The van der Waals surface area contributed by atoms with Crippen LogP contribution < -0.4 is 5.46 Å². The molecular formula is C11H16BFO2. The molecule has 1 rings (SSSR count). The van der Waals surface area contributed by atoms with E-state index >= 15 is 0 Å². The highest BCUT2D eigenvalue weighted by atomic mass is 19.1. The maximum absolute atomic E-state index is 13.4. The summed E-state index contributed by atoms with van der Waals surface area (Å²) in [7, 11) is -1.74. The lowest BCUT2D eigenvalue weighted by molar-refractivity contribution is 0.410. The molecule has 0 radical (unpaired) electrons. The monoisotopic (exact) mass is 210 g/mol. The van der Waals surface area contributed by atoms with Gasteiger partial charge in [0.15, 0.2) is 0 Å². The zero-order valence-electron chi connectivity index (χ0n) is 9.29. The quantitative estimate of drug-likeness (QED) is 0.717. The van der Waals surface area contributed by atoms with E-state index in [9.17, 15) is 4.39 Å². The van der Waals surface area contributed by atoms with Crippen molar-refractivity contribution in [2.45, 2.75) is 27.2 Å². The fourth-order valence-corrected chi connectivity index (χ4v) is 1.50. The van der Waals surface area contributed by atoms with Crippen LogP contribution in [0.4, 0.5) is 4.39 Å². The van der Waals surface area contributed by atoms with E-state index in [0.29, 0.717) is 0 Å². The Labute approximate surface area is 89.9 Å². The van der Waals surface area contributed by atoms with Crippen molar-refractivity contribution in [1.82, 2.24) is 0 Å². The van der Waals surface area contributed by atoms with Crippen LogP contribution in [-0.2, 0) is 6.42 Å². The number of rotatable bonds is 2. The van der Waals surface area contributed by atoms with Gasteiger partial charge in [-0.05, 0) is 23.5 Å². The lowest BCUT2D eigenvalue weighted by Gasteiger charge is -2.18. The molecule has 15 heavy (non-hydrogen) atoms. The number of benzene rings is 1. The molecule has 1 aromatic rings. The van der Waals surface area contributed by atoms with Gasteiger partial charge < -0.3 is 10.0 Å². The van der Waals surface area contributed by atoms with E-state index in [1.807, 2.05) is 0 Å². The Hall–Kier alpha value is -0.865. The Bertz CT molecular complexity index is 345. The second-order valence-electron chi connectivity index (χ2n) is 4.97. The Morgan fingerprint density at radius 2 is 1.87 bits per heavy atom. The lowest BCUT2D eigenvalue weighted by atomic mass is 9.78. The van der Waals surface area contributed by atoms with Crippen molar-refractivity contribution in [3.05, 3.63) is 29.6 Å². The van der Waals surface area contributed by atoms with Gasteiger partial charge in [-0.3, -0.25) is 0 Å². The summed E-state index contributed by atoms with van der Waals surface area (Å²) in [6, 6.07) is 4.50. The zero-order chi connectivity index (χ0) is 11.6. The molecule has 0 heterocycles. The summed E-state index contributed by atoms with van der Waals surface area (Å²) >= 11 is 0. The molecule has 82 valence electrons. The van der Waals surface area contributed by atoms with Gasteiger partial charge in [0.25, 0.3) is 0 Å². The molecule has 1 aromatic carbocycles. The number of hydrogen-bond acceptors (Lipinski definition) is 2. The second-order valence-corrected chi connectivity index (χ2v) is 4.97. The van der Waals surface area contributed by atoms with Gasteiger partial charge in [0.2, 0.25) is 0 Å². The minimum atomic E-state index is -1.74. The average molecular weight is 210 g/mol. The molecule has 0 spiro atoms. The molecule has 0 aliphatic heterocycles. The van der Waals surface area contributed by atoms with Gasteiger partial charge in [-0.2, -0.15) is 0 Å². The van der Waals surface area contributed by atoms with Crippen molar-refractivity contribution in [1.29, 1.82) is 0 Å². The second kappa shape index (κ2) is 4.33. The molecule has 2 N–H and O–H groups in total. The minimum absolute atomic E-state index is 0.0762. The SMILES string of the molecule is CC(C)(C)Cc1ccc(B(O)O)c(F)c1. The Balaban J connectivity index is 2.92. The van der Waals surface area contributed by atoms with Gasteiger partial charge >= 0.3 is 7.12 Å². The fourth-order valence-electron chi connectivity index (χ4n) is 1.50. The maximum Gasteiger partial charge on any atom is 0.491 e. The predicted molar refractivity (Wildman–Crippen MR) is 59.4 cm³/mol. The van der Waals surface area contributed by atoms with Crippen molar-refractivity contribution in [2.24, 2.45) is 5.41 Å². The van der Waals surface area contributed by atoms with Crippen LogP contribution in [0.15, 0.2) is 18.2 Å². The largest absolute Gasteiger partial charge is 0.491 e. The van der Waals surface area contributed by atoms with Crippen LogP contribution in [0.5, 0.6) is 0 Å². The molecule has 4 heteroatoms. The van der Waals surface area contributed by atoms with E-state index in [4.69, 9.17) is 10.0 Å². The molecule has 0 saturated carbocycles. The zero-order valence-corrected chi connectivity index (χ0v) is 9.29. The van der Waals surface area contributed by atoms with Crippen molar-refractivity contribution in [2.75, 3.05) is 0 Å². The Morgan fingerprint density at radius 3 is 2.27 bits per heavy atom. The van der Waals surface area contributed by atoms with Gasteiger partial charge in [-0.15, -0.1) is 0 Å². The molecule has 0 amide bonds. The van der Waals surface area contributed by atoms with Crippen LogP contribution in [-0.4, -0.2) is 17.2 Å². The van der Waals surface area contributed by atoms with Crippen molar-refractivity contribution in [3.63, 3.8) is 0 Å². The van der Waals surface area contributed by atoms with Gasteiger partial charge in [0, 0.05) is 5.46 Å². The molecule has 0 aliphatic rings. The highest BCUT2D eigenvalue weighted by molar-refractivity contribution is 6.58. The third-order valence-electron chi connectivity index (χ3n) is 2.08. The van der Waals surface area contributed by atoms with Crippen LogP contribution in [0.3, 0.4) is 0 Å². The lowest BCUT2D eigenvalue weighted by Crippen LogP contribution is -2.32. The number of hydrogen-bond donors (Lipinski definition) is 2. The average Bonchev–Trinajstić information content (AvgIpc) is 1.99.